The van der Waals surface area contributed by atoms with Gasteiger partial charge in [-0.1, -0.05) is 6.92 Å². The first-order valence-corrected chi connectivity index (χ1v) is 6.42. The maximum atomic E-state index is 13.4. The van der Waals surface area contributed by atoms with E-state index in [0.29, 0.717) is 0 Å². The number of nitrogens with zero attached hydrogens (tertiary/aromatic N) is 1. The fourth-order valence-corrected chi connectivity index (χ4v) is 2.44. The molecular formula is C15H18FNO2. The molecule has 0 spiro atoms. The first kappa shape index (κ1) is 13.6. The van der Waals surface area contributed by atoms with Gasteiger partial charge in [0.15, 0.2) is 0 Å². The summed E-state index contributed by atoms with van der Waals surface area (Å²) in [6, 6.07) is 4.86. The number of benzene rings is 1. The fraction of sp³-hybridized carbons (Fsp3) is 0.400. The average molecular weight is 263 g/mol. The first-order chi connectivity index (χ1) is 8.90. The molecule has 0 aliphatic heterocycles. The maximum absolute atomic E-state index is 13.4. The lowest BCUT2D eigenvalue weighted by molar-refractivity contribution is -0.137. The number of fused-ring (bicyclic) bond motifs is 1. The second-order valence-corrected chi connectivity index (χ2v) is 5.25. The Morgan fingerprint density at radius 1 is 1.37 bits per heavy atom. The van der Waals surface area contributed by atoms with Crippen molar-refractivity contribution in [3.05, 3.63) is 35.8 Å². The fourth-order valence-electron chi connectivity index (χ4n) is 2.44. The molecule has 1 heterocycles. The number of carbonyl (C=O) groups is 1. The molecule has 0 fully saturated rings. The summed E-state index contributed by atoms with van der Waals surface area (Å²) in [5.74, 6) is -1.18. The summed E-state index contributed by atoms with van der Waals surface area (Å²) in [5, 5.41) is 9.84. The predicted octanol–water partition coefficient (Wildman–Crippen LogP) is 3.94. The number of aromatic nitrogens is 1. The van der Waals surface area contributed by atoms with E-state index in [1.165, 1.54) is 12.1 Å². The summed E-state index contributed by atoms with van der Waals surface area (Å²) in [7, 11) is 0. The Morgan fingerprint density at radius 2 is 2.05 bits per heavy atom. The van der Waals surface area contributed by atoms with E-state index in [2.05, 4.69) is 0 Å². The molecule has 0 saturated heterocycles. The molecular weight excluding hydrogens is 245 g/mol. The number of aliphatic carboxylic acids is 1. The third kappa shape index (κ3) is 2.62. The van der Waals surface area contributed by atoms with Crippen molar-refractivity contribution in [1.29, 1.82) is 0 Å². The van der Waals surface area contributed by atoms with Gasteiger partial charge in [-0.15, -0.1) is 0 Å². The van der Waals surface area contributed by atoms with Crippen molar-refractivity contribution in [3.8, 4) is 0 Å². The minimum Gasteiger partial charge on any atom is -0.481 e. The molecule has 1 aromatic heterocycles. The highest BCUT2D eigenvalue weighted by Crippen LogP contribution is 2.32. The highest BCUT2D eigenvalue weighted by molar-refractivity contribution is 5.85. The van der Waals surface area contributed by atoms with Crippen LogP contribution in [0.2, 0.25) is 0 Å². The van der Waals surface area contributed by atoms with Crippen molar-refractivity contribution in [1.82, 2.24) is 4.57 Å². The van der Waals surface area contributed by atoms with E-state index < -0.39 is 5.97 Å². The smallest absolute Gasteiger partial charge is 0.303 e. The van der Waals surface area contributed by atoms with Gasteiger partial charge in [0, 0.05) is 17.6 Å². The van der Waals surface area contributed by atoms with Crippen LogP contribution in [0.5, 0.6) is 0 Å². The lowest BCUT2D eigenvalue weighted by Gasteiger charge is -2.09. The molecule has 0 bridgehead atoms. The average Bonchev–Trinajstić information content (AvgIpc) is 2.66. The Labute approximate surface area is 111 Å². The van der Waals surface area contributed by atoms with Crippen molar-refractivity contribution in [2.75, 3.05) is 0 Å². The van der Waals surface area contributed by atoms with E-state index >= 15 is 0 Å². The van der Waals surface area contributed by atoms with E-state index in [1.807, 2.05) is 31.5 Å². The molecule has 1 unspecified atom stereocenters. The number of rotatable bonds is 4. The second kappa shape index (κ2) is 5.03. The van der Waals surface area contributed by atoms with Crippen LogP contribution in [0.4, 0.5) is 4.39 Å². The first-order valence-electron chi connectivity index (χ1n) is 6.42. The van der Waals surface area contributed by atoms with Gasteiger partial charge in [-0.05, 0) is 43.5 Å². The minimum atomic E-state index is -0.819. The highest BCUT2D eigenvalue weighted by atomic mass is 19.1. The summed E-state index contributed by atoms with van der Waals surface area (Å²) < 4.78 is 15.4. The standard InChI is InChI=1S/C15H18FNO2/c1-9(2)17-8-13(10(3)6-15(18)19)12-5-4-11(16)7-14(12)17/h4-5,7-10H,6H2,1-3H3,(H,18,19). The normalized spacial score (nSPS) is 13.1. The molecule has 102 valence electrons. The third-order valence-corrected chi connectivity index (χ3v) is 3.40. The molecule has 1 N–H and O–H groups in total. The predicted molar refractivity (Wildman–Crippen MR) is 72.9 cm³/mol. The second-order valence-electron chi connectivity index (χ2n) is 5.25. The molecule has 1 atom stereocenters. The van der Waals surface area contributed by atoms with Crippen LogP contribution in [-0.2, 0) is 4.79 Å². The molecule has 2 rings (SSSR count). The zero-order valence-electron chi connectivity index (χ0n) is 11.4. The van der Waals surface area contributed by atoms with E-state index in [1.54, 1.807) is 6.07 Å². The van der Waals surface area contributed by atoms with Gasteiger partial charge in [-0.2, -0.15) is 0 Å². The van der Waals surface area contributed by atoms with Gasteiger partial charge >= 0.3 is 5.97 Å². The van der Waals surface area contributed by atoms with E-state index in [4.69, 9.17) is 5.11 Å². The number of carboxylic acid groups (broad SMARTS) is 1. The number of hydrogen-bond donors (Lipinski definition) is 1. The Bertz CT molecular complexity index is 616. The van der Waals surface area contributed by atoms with Crippen LogP contribution in [0.1, 0.15) is 44.7 Å². The van der Waals surface area contributed by atoms with E-state index in [0.717, 1.165) is 16.5 Å². The monoisotopic (exact) mass is 263 g/mol. The molecule has 2 aromatic rings. The molecule has 0 amide bonds. The summed E-state index contributed by atoms with van der Waals surface area (Å²) in [6.07, 6.45) is 2.02. The summed E-state index contributed by atoms with van der Waals surface area (Å²) in [4.78, 5) is 10.8. The van der Waals surface area contributed by atoms with Crippen molar-refractivity contribution in [3.63, 3.8) is 0 Å². The quantitative estimate of drug-likeness (QED) is 0.907. The largest absolute Gasteiger partial charge is 0.481 e. The Hall–Kier alpha value is -1.84. The van der Waals surface area contributed by atoms with Crippen LogP contribution in [0.3, 0.4) is 0 Å². The van der Waals surface area contributed by atoms with Gasteiger partial charge in [-0.25, -0.2) is 4.39 Å². The van der Waals surface area contributed by atoms with Crippen LogP contribution >= 0.6 is 0 Å². The molecule has 3 nitrogen and oxygen atoms in total. The van der Waals surface area contributed by atoms with E-state index in [9.17, 15) is 9.18 Å². The van der Waals surface area contributed by atoms with Crippen molar-refractivity contribution < 1.29 is 14.3 Å². The van der Waals surface area contributed by atoms with Gasteiger partial charge in [-0.3, -0.25) is 4.79 Å². The Kier molecular flexibility index (Phi) is 3.60. The van der Waals surface area contributed by atoms with Crippen molar-refractivity contribution in [2.24, 2.45) is 0 Å². The van der Waals surface area contributed by atoms with Gasteiger partial charge in [0.25, 0.3) is 0 Å². The Balaban J connectivity index is 2.59. The van der Waals surface area contributed by atoms with Crippen LogP contribution in [0.15, 0.2) is 24.4 Å². The molecule has 1 aromatic carbocycles. The van der Waals surface area contributed by atoms with Crippen LogP contribution in [0, 0.1) is 5.82 Å². The van der Waals surface area contributed by atoms with Gasteiger partial charge in [0.2, 0.25) is 0 Å². The zero-order chi connectivity index (χ0) is 14.2. The van der Waals surface area contributed by atoms with E-state index in [-0.39, 0.29) is 24.2 Å². The molecule has 0 aliphatic carbocycles. The number of hydrogen-bond acceptors (Lipinski definition) is 1. The van der Waals surface area contributed by atoms with Crippen LogP contribution in [0.25, 0.3) is 10.9 Å². The summed E-state index contributed by atoms with van der Waals surface area (Å²) in [6.45, 7) is 5.93. The molecule has 0 aliphatic rings. The topological polar surface area (TPSA) is 42.2 Å². The Morgan fingerprint density at radius 3 is 2.63 bits per heavy atom. The highest BCUT2D eigenvalue weighted by Gasteiger charge is 2.18. The summed E-state index contributed by atoms with van der Waals surface area (Å²) >= 11 is 0. The minimum absolute atomic E-state index is 0.0780. The molecule has 0 radical (unpaired) electrons. The molecule has 0 saturated carbocycles. The maximum Gasteiger partial charge on any atom is 0.303 e. The van der Waals surface area contributed by atoms with Gasteiger partial charge in [0.1, 0.15) is 5.82 Å². The molecule has 4 heteroatoms. The third-order valence-electron chi connectivity index (χ3n) is 3.40. The van der Waals surface area contributed by atoms with Crippen molar-refractivity contribution in [2.45, 2.75) is 39.2 Å². The lowest BCUT2D eigenvalue weighted by Crippen LogP contribution is -2.02. The zero-order valence-corrected chi connectivity index (χ0v) is 11.4. The van der Waals surface area contributed by atoms with Crippen molar-refractivity contribution >= 4 is 16.9 Å². The molecule has 19 heavy (non-hydrogen) atoms. The van der Waals surface area contributed by atoms with Crippen LogP contribution in [-0.4, -0.2) is 15.6 Å². The lowest BCUT2D eigenvalue weighted by atomic mass is 9.97. The van der Waals surface area contributed by atoms with Gasteiger partial charge in [0.05, 0.1) is 11.9 Å². The van der Waals surface area contributed by atoms with Gasteiger partial charge < -0.3 is 9.67 Å². The number of halogens is 1. The SMILES string of the molecule is CC(CC(=O)O)c1cn(C(C)C)c2cc(F)ccc12. The summed E-state index contributed by atoms with van der Waals surface area (Å²) in [5.41, 5.74) is 1.79. The van der Waals surface area contributed by atoms with Crippen LogP contribution < -0.4 is 0 Å². The number of carboxylic acids is 1.